The van der Waals surface area contributed by atoms with Crippen LogP contribution in [-0.4, -0.2) is 42.7 Å². The number of hydrogen-bond donors (Lipinski definition) is 1. The summed E-state index contributed by atoms with van der Waals surface area (Å²) >= 11 is 0. The average molecular weight is 385 g/mol. The molecule has 0 aromatic heterocycles. The smallest absolute Gasteiger partial charge is 0.231 e. The largest absolute Gasteiger partial charge is 0.504 e. The molecule has 6 heteroatoms. The number of rotatable bonds is 8. The van der Waals surface area contributed by atoms with Crippen molar-refractivity contribution >= 4 is 0 Å². The third-order valence-corrected chi connectivity index (χ3v) is 5.06. The molecular weight excluding hydrogens is 358 g/mol. The van der Waals surface area contributed by atoms with Gasteiger partial charge in [0.05, 0.1) is 12.7 Å². The molecule has 2 aromatic rings. The van der Waals surface area contributed by atoms with Crippen molar-refractivity contribution in [1.82, 2.24) is 4.90 Å². The number of phenols is 1. The van der Waals surface area contributed by atoms with Crippen LogP contribution < -0.4 is 14.2 Å². The summed E-state index contributed by atoms with van der Waals surface area (Å²) in [6.45, 7) is 5.95. The molecule has 1 saturated heterocycles. The topological polar surface area (TPSA) is 60.4 Å². The van der Waals surface area contributed by atoms with E-state index in [0.717, 1.165) is 56.1 Å². The van der Waals surface area contributed by atoms with Crippen LogP contribution in [0.3, 0.4) is 0 Å². The Balaban J connectivity index is 1.50. The van der Waals surface area contributed by atoms with Gasteiger partial charge in [0.1, 0.15) is 0 Å². The van der Waals surface area contributed by atoms with E-state index in [1.807, 2.05) is 31.2 Å². The van der Waals surface area contributed by atoms with Gasteiger partial charge < -0.3 is 24.1 Å². The first-order valence-electron chi connectivity index (χ1n) is 9.88. The van der Waals surface area contributed by atoms with Gasteiger partial charge in [-0.3, -0.25) is 4.90 Å². The van der Waals surface area contributed by atoms with Gasteiger partial charge in [0.25, 0.3) is 0 Å². The minimum atomic E-state index is 0.173. The molecule has 0 spiro atoms. The third-order valence-electron chi connectivity index (χ3n) is 5.06. The van der Waals surface area contributed by atoms with Crippen molar-refractivity contribution in [3.8, 4) is 23.0 Å². The monoisotopic (exact) mass is 385 g/mol. The molecule has 2 aliphatic rings. The van der Waals surface area contributed by atoms with E-state index in [1.54, 1.807) is 6.07 Å². The first kappa shape index (κ1) is 18.9. The lowest BCUT2D eigenvalue weighted by atomic mass is 10.1. The van der Waals surface area contributed by atoms with E-state index in [4.69, 9.17) is 18.9 Å². The van der Waals surface area contributed by atoms with Crippen molar-refractivity contribution in [3.63, 3.8) is 0 Å². The average Bonchev–Trinajstić information content (AvgIpc) is 3.36. The molecule has 0 radical (unpaired) electrons. The lowest BCUT2D eigenvalue weighted by Gasteiger charge is -2.26. The van der Waals surface area contributed by atoms with Crippen molar-refractivity contribution < 1.29 is 24.1 Å². The molecule has 2 aromatic carbocycles. The Hall–Kier alpha value is -2.44. The molecule has 1 unspecified atom stereocenters. The van der Waals surface area contributed by atoms with Crippen LogP contribution in [0.4, 0.5) is 0 Å². The van der Waals surface area contributed by atoms with Gasteiger partial charge in [0.2, 0.25) is 6.79 Å². The summed E-state index contributed by atoms with van der Waals surface area (Å²) in [6.07, 6.45) is 2.48. The highest BCUT2D eigenvalue weighted by molar-refractivity contribution is 5.44. The van der Waals surface area contributed by atoms with Gasteiger partial charge in [-0.25, -0.2) is 0 Å². The van der Waals surface area contributed by atoms with Crippen LogP contribution in [-0.2, 0) is 17.8 Å². The number of phenolic OH excluding ortho intramolecular Hbond substituents is 1. The fraction of sp³-hybridized carbons (Fsp3) is 0.455. The Bertz CT molecular complexity index is 804. The number of aromatic hydroxyl groups is 1. The second-order valence-corrected chi connectivity index (χ2v) is 7.23. The Morgan fingerprint density at radius 1 is 1.07 bits per heavy atom. The predicted molar refractivity (Wildman–Crippen MR) is 105 cm³/mol. The van der Waals surface area contributed by atoms with Crippen LogP contribution in [0.1, 0.15) is 30.9 Å². The fourth-order valence-electron chi connectivity index (χ4n) is 3.75. The van der Waals surface area contributed by atoms with Crippen LogP contribution in [0.2, 0.25) is 0 Å². The molecule has 0 saturated carbocycles. The summed E-state index contributed by atoms with van der Waals surface area (Å²) in [5.41, 5.74) is 2.27. The van der Waals surface area contributed by atoms with Gasteiger partial charge >= 0.3 is 0 Å². The van der Waals surface area contributed by atoms with Gasteiger partial charge in [-0.05, 0) is 55.2 Å². The second kappa shape index (κ2) is 8.71. The van der Waals surface area contributed by atoms with Crippen LogP contribution >= 0.6 is 0 Å². The van der Waals surface area contributed by atoms with Gasteiger partial charge in [-0.1, -0.05) is 12.1 Å². The number of hydrogen-bond acceptors (Lipinski definition) is 6. The van der Waals surface area contributed by atoms with E-state index in [-0.39, 0.29) is 18.6 Å². The standard InChI is InChI=1S/C22H27NO5/c1-2-25-21-10-16(5-7-19(21)24)12-23(14-18-4-3-9-26-18)13-17-6-8-20-22(11-17)28-15-27-20/h5-8,10-11,18,24H,2-4,9,12-15H2,1H3. The molecule has 1 fully saturated rings. The molecule has 150 valence electrons. The lowest BCUT2D eigenvalue weighted by Crippen LogP contribution is -2.31. The Labute approximate surface area is 165 Å². The van der Waals surface area contributed by atoms with Crippen molar-refractivity contribution in [1.29, 1.82) is 0 Å². The van der Waals surface area contributed by atoms with Crippen LogP contribution in [0.15, 0.2) is 36.4 Å². The SMILES string of the molecule is CCOc1cc(CN(Cc2ccc3c(c2)OCO3)CC2CCCO2)ccc1O. The second-order valence-electron chi connectivity index (χ2n) is 7.23. The van der Waals surface area contributed by atoms with Crippen LogP contribution in [0.5, 0.6) is 23.0 Å². The molecule has 1 atom stereocenters. The molecule has 1 N–H and O–H groups in total. The maximum atomic E-state index is 9.97. The highest BCUT2D eigenvalue weighted by Crippen LogP contribution is 2.33. The first-order valence-corrected chi connectivity index (χ1v) is 9.88. The molecule has 28 heavy (non-hydrogen) atoms. The van der Waals surface area contributed by atoms with Crippen molar-refractivity contribution in [3.05, 3.63) is 47.5 Å². The molecule has 2 heterocycles. The summed E-state index contributed by atoms with van der Waals surface area (Å²) < 4.78 is 22.3. The van der Waals surface area contributed by atoms with E-state index in [2.05, 4.69) is 11.0 Å². The highest BCUT2D eigenvalue weighted by atomic mass is 16.7. The van der Waals surface area contributed by atoms with Crippen LogP contribution in [0, 0.1) is 0 Å². The summed E-state index contributed by atoms with van der Waals surface area (Å²) in [5, 5.41) is 9.97. The predicted octanol–water partition coefficient (Wildman–Crippen LogP) is 3.70. The van der Waals surface area contributed by atoms with E-state index < -0.39 is 0 Å². The normalized spacial score (nSPS) is 18.0. The summed E-state index contributed by atoms with van der Waals surface area (Å²) in [4.78, 5) is 2.37. The Kier molecular flexibility index (Phi) is 5.88. The van der Waals surface area contributed by atoms with Gasteiger partial charge in [0, 0.05) is 26.2 Å². The Morgan fingerprint density at radius 2 is 1.86 bits per heavy atom. The zero-order valence-electron chi connectivity index (χ0n) is 16.2. The fourth-order valence-corrected chi connectivity index (χ4v) is 3.75. The quantitative estimate of drug-likeness (QED) is 0.748. The van der Waals surface area contributed by atoms with E-state index in [1.165, 1.54) is 5.56 Å². The number of ether oxygens (including phenoxy) is 4. The molecule has 0 amide bonds. The minimum Gasteiger partial charge on any atom is -0.504 e. The lowest BCUT2D eigenvalue weighted by molar-refractivity contribution is 0.0678. The maximum Gasteiger partial charge on any atom is 0.231 e. The summed E-state index contributed by atoms with van der Waals surface area (Å²) in [5.74, 6) is 2.30. The zero-order chi connectivity index (χ0) is 19.3. The van der Waals surface area contributed by atoms with E-state index in [9.17, 15) is 5.11 Å². The van der Waals surface area contributed by atoms with Gasteiger partial charge in [-0.2, -0.15) is 0 Å². The van der Waals surface area contributed by atoms with Crippen molar-refractivity contribution in [2.45, 2.75) is 39.0 Å². The van der Waals surface area contributed by atoms with Crippen molar-refractivity contribution in [2.24, 2.45) is 0 Å². The number of benzene rings is 2. The van der Waals surface area contributed by atoms with Crippen LogP contribution in [0.25, 0.3) is 0 Å². The molecule has 0 bridgehead atoms. The highest BCUT2D eigenvalue weighted by Gasteiger charge is 2.21. The minimum absolute atomic E-state index is 0.173. The third kappa shape index (κ3) is 4.51. The summed E-state index contributed by atoms with van der Waals surface area (Å²) in [7, 11) is 0. The van der Waals surface area contributed by atoms with E-state index >= 15 is 0 Å². The van der Waals surface area contributed by atoms with Gasteiger partial charge in [-0.15, -0.1) is 0 Å². The molecule has 2 aliphatic heterocycles. The van der Waals surface area contributed by atoms with Crippen molar-refractivity contribution in [2.75, 3.05) is 26.6 Å². The number of fused-ring (bicyclic) bond motifs is 1. The molecule has 0 aliphatic carbocycles. The number of nitrogens with zero attached hydrogens (tertiary/aromatic N) is 1. The maximum absolute atomic E-state index is 9.97. The zero-order valence-corrected chi connectivity index (χ0v) is 16.2. The van der Waals surface area contributed by atoms with E-state index in [0.29, 0.717) is 12.4 Å². The molecule has 6 nitrogen and oxygen atoms in total. The first-order chi connectivity index (χ1) is 13.7. The molecular formula is C22H27NO5. The van der Waals surface area contributed by atoms with Gasteiger partial charge in [0.15, 0.2) is 23.0 Å². The molecule has 4 rings (SSSR count). The Morgan fingerprint density at radius 3 is 2.64 bits per heavy atom. The summed E-state index contributed by atoms with van der Waals surface area (Å²) in [6, 6.07) is 11.7.